The first-order valence-corrected chi connectivity index (χ1v) is 10.9. The summed E-state index contributed by atoms with van der Waals surface area (Å²) in [6, 6.07) is 15.5. The molecule has 164 valence electrons. The van der Waals surface area contributed by atoms with Crippen LogP contribution in [0.15, 0.2) is 48.5 Å². The lowest BCUT2D eigenvalue weighted by Crippen LogP contribution is -2.37. The molecule has 0 aliphatic carbocycles. The standard InChI is InChI=1S/C23H23ClN6O2/c1-32-15-20(31)28-11-4-12-29(14-13-28)23-25-19-6-3-2-5-18(19)22-27-26-21(30(22)23)16-7-9-17(24)10-8-16/h2-3,5-10H,4,11-15H2,1H3. The zero-order chi connectivity index (χ0) is 22.1. The highest BCUT2D eigenvalue weighted by Gasteiger charge is 2.24. The smallest absolute Gasteiger partial charge is 0.248 e. The molecule has 5 rings (SSSR count). The van der Waals surface area contributed by atoms with Crippen molar-refractivity contribution in [1.82, 2.24) is 24.5 Å². The summed E-state index contributed by atoms with van der Waals surface area (Å²) in [5.74, 6) is 1.49. The van der Waals surface area contributed by atoms with E-state index in [9.17, 15) is 4.79 Å². The molecule has 0 saturated carbocycles. The van der Waals surface area contributed by atoms with Gasteiger partial charge in [-0.3, -0.25) is 4.79 Å². The Morgan fingerprint density at radius 2 is 1.84 bits per heavy atom. The number of fused-ring (bicyclic) bond motifs is 3. The van der Waals surface area contributed by atoms with Gasteiger partial charge >= 0.3 is 0 Å². The molecular weight excluding hydrogens is 428 g/mol. The maximum atomic E-state index is 12.3. The lowest BCUT2D eigenvalue weighted by atomic mass is 10.2. The van der Waals surface area contributed by atoms with E-state index in [-0.39, 0.29) is 12.5 Å². The Labute approximate surface area is 190 Å². The SMILES string of the molecule is COCC(=O)N1CCCN(c2nc3ccccc3c3nnc(-c4ccc(Cl)cc4)n23)CC1. The minimum absolute atomic E-state index is 0.0112. The number of nitrogens with zero attached hydrogens (tertiary/aromatic N) is 6. The fourth-order valence-corrected chi connectivity index (χ4v) is 4.27. The molecule has 0 bridgehead atoms. The molecule has 3 heterocycles. The van der Waals surface area contributed by atoms with E-state index in [1.54, 1.807) is 7.11 Å². The lowest BCUT2D eigenvalue weighted by molar-refractivity contribution is -0.134. The molecule has 4 aromatic rings. The Morgan fingerprint density at radius 3 is 2.66 bits per heavy atom. The number of methoxy groups -OCH3 is 1. The third-order valence-corrected chi connectivity index (χ3v) is 5.98. The number of rotatable bonds is 4. The second-order valence-electron chi connectivity index (χ2n) is 7.77. The third-order valence-electron chi connectivity index (χ3n) is 5.73. The molecule has 0 unspecified atom stereocenters. The summed E-state index contributed by atoms with van der Waals surface area (Å²) in [4.78, 5) is 21.4. The molecule has 0 radical (unpaired) electrons. The number of amides is 1. The molecule has 32 heavy (non-hydrogen) atoms. The van der Waals surface area contributed by atoms with Crippen LogP contribution >= 0.6 is 11.6 Å². The highest BCUT2D eigenvalue weighted by molar-refractivity contribution is 6.30. The van der Waals surface area contributed by atoms with Gasteiger partial charge in [-0.05, 0) is 42.8 Å². The minimum Gasteiger partial charge on any atom is -0.375 e. The second kappa shape index (κ2) is 8.72. The summed E-state index contributed by atoms with van der Waals surface area (Å²) in [6.07, 6.45) is 0.837. The van der Waals surface area contributed by atoms with Crippen LogP contribution in [0, 0.1) is 0 Å². The molecule has 2 aromatic carbocycles. The quantitative estimate of drug-likeness (QED) is 0.475. The van der Waals surface area contributed by atoms with Crippen molar-refractivity contribution in [3.8, 4) is 11.4 Å². The van der Waals surface area contributed by atoms with E-state index in [0.29, 0.717) is 30.5 Å². The molecule has 0 spiro atoms. The van der Waals surface area contributed by atoms with Crippen LogP contribution in [0.25, 0.3) is 27.9 Å². The highest BCUT2D eigenvalue weighted by atomic mass is 35.5. The number of hydrogen-bond donors (Lipinski definition) is 0. The van der Waals surface area contributed by atoms with Gasteiger partial charge in [0.25, 0.3) is 0 Å². The van der Waals surface area contributed by atoms with Crippen LogP contribution in [0.4, 0.5) is 5.95 Å². The first-order valence-electron chi connectivity index (χ1n) is 10.6. The molecule has 0 N–H and O–H groups in total. The van der Waals surface area contributed by atoms with Crippen molar-refractivity contribution < 1.29 is 9.53 Å². The van der Waals surface area contributed by atoms with Gasteiger partial charge in [-0.25, -0.2) is 9.38 Å². The van der Waals surface area contributed by atoms with Crippen molar-refractivity contribution >= 4 is 40.0 Å². The summed E-state index contributed by atoms with van der Waals surface area (Å²) in [5, 5.41) is 10.6. The molecule has 1 aliphatic heterocycles. The molecule has 9 heteroatoms. The predicted octanol–water partition coefficient (Wildman–Crippen LogP) is 3.28. The summed E-state index contributed by atoms with van der Waals surface area (Å²) in [5.41, 5.74) is 2.53. The van der Waals surface area contributed by atoms with E-state index >= 15 is 0 Å². The number of anilines is 1. The van der Waals surface area contributed by atoms with Gasteiger partial charge in [-0.15, -0.1) is 10.2 Å². The number of carbonyl (C=O) groups is 1. The molecule has 1 saturated heterocycles. The van der Waals surface area contributed by atoms with Gasteiger partial charge in [0.15, 0.2) is 11.5 Å². The Balaban J connectivity index is 1.62. The molecular formula is C23H23ClN6O2. The third kappa shape index (κ3) is 3.76. The highest BCUT2D eigenvalue weighted by Crippen LogP contribution is 2.29. The van der Waals surface area contributed by atoms with Crippen molar-refractivity contribution in [1.29, 1.82) is 0 Å². The number of aromatic nitrogens is 4. The minimum atomic E-state index is 0.0112. The van der Waals surface area contributed by atoms with Gasteiger partial charge in [-0.1, -0.05) is 23.7 Å². The number of hydrogen-bond acceptors (Lipinski definition) is 6. The van der Waals surface area contributed by atoms with Crippen LogP contribution in [0.2, 0.25) is 5.02 Å². The van der Waals surface area contributed by atoms with Crippen LogP contribution < -0.4 is 4.90 Å². The van der Waals surface area contributed by atoms with Crippen LogP contribution in [0.5, 0.6) is 0 Å². The predicted molar refractivity (Wildman–Crippen MR) is 124 cm³/mol. The van der Waals surface area contributed by atoms with Crippen LogP contribution in [0.3, 0.4) is 0 Å². The maximum Gasteiger partial charge on any atom is 0.248 e. The van der Waals surface area contributed by atoms with Crippen molar-refractivity contribution in [3.63, 3.8) is 0 Å². The molecule has 1 aliphatic rings. The van der Waals surface area contributed by atoms with Crippen molar-refractivity contribution in [2.75, 3.05) is 44.8 Å². The average Bonchev–Trinajstić information content (AvgIpc) is 3.10. The molecule has 8 nitrogen and oxygen atoms in total. The first kappa shape index (κ1) is 20.7. The van der Waals surface area contributed by atoms with E-state index in [2.05, 4.69) is 15.1 Å². The van der Waals surface area contributed by atoms with Crippen LogP contribution in [-0.4, -0.2) is 70.3 Å². The Kier molecular flexibility index (Phi) is 5.63. The van der Waals surface area contributed by atoms with E-state index in [0.717, 1.165) is 41.0 Å². The molecule has 1 fully saturated rings. The Bertz CT molecular complexity index is 1270. The van der Waals surface area contributed by atoms with E-state index < -0.39 is 0 Å². The van der Waals surface area contributed by atoms with Crippen molar-refractivity contribution in [2.24, 2.45) is 0 Å². The van der Waals surface area contributed by atoms with Gasteiger partial charge in [0.2, 0.25) is 11.9 Å². The fraction of sp³-hybridized carbons (Fsp3) is 0.304. The number of ether oxygens (including phenoxy) is 1. The second-order valence-corrected chi connectivity index (χ2v) is 8.21. The average molecular weight is 451 g/mol. The largest absolute Gasteiger partial charge is 0.375 e. The van der Waals surface area contributed by atoms with E-state index in [1.807, 2.05) is 57.8 Å². The number of carbonyl (C=O) groups excluding carboxylic acids is 1. The molecule has 2 aromatic heterocycles. The van der Waals surface area contributed by atoms with Crippen molar-refractivity contribution in [3.05, 3.63) is 53.6 Å². The molecule has 0 atom stereocenters. The van der Waals surface area contributed by atoms with Gasteiger partial charge in [0, 0.05) is 49.3 Å². The summed E-state index contributed by atoms with van der Waals surface area (Å²) in [6.45, 7) is 2.84. The summed E-state index contributed by atoms with van der Waals surface area (Å²) < 4.78 is 7.04. The number of halogens is 1. The van der Waals surface area contributed by atoms with Crippen LogP contribution in [0.1, 0.15) is 6.42 Å². The van der Waals surface area contributed by atoms with E-state index in [4.69, 9.17) is 21.3 Å². The zero-order valence-corrected chi connectivity index (χ0v) is 18.5. The lowest BCUT2D eigenvalue weighted by Gasteiger charge is -2.24. The number of para-hydroxylation sites is 1. The first-order chi connectivity index (χ1) is 15.7. The Morgan fingerprint density at radius 1 is 1.03 bits per heavy atom. The topological polar surface area (TPSA) is 75.9 Å². The fourth-order valence-electron chi connectivity index (χ4n) is 4.15. The Hall–Kier alpha value is -3.23. The van der Waals surface area contributed by atoms with Gasteiger partial charge in [-0.2, -0.15) is 0 Å². The maximum absolute atomic E-state index is 12.3. The summed E-state index contributed by atoms with van der Waals surface area (Å²) in [7, 11) is 1.54. The zero-order valence-electron chi connectivity index (χ0n) is 17.7. The number of benzene rings is 2. The van der Waals surface area contributed by atoms with E-state index in [1.165, 1.54) is 0 Å². The van der Waals surface area contributed by atoms with Gasteiger partial charge in [0.05, 0.1) is 5.52 Å². The van der Waals surface area contributed by atoms with Gasteiger partial charge in [0.1, 0.15) is 6.61 Å². The van der Waals surface area contributed by atoms with Gasteiger partial charge < -0.3 is 14.5 Å². The van der Waals surface area contributed by atoms with Crippen LogP contribution in [-0.2, 0) is 9.53 Å². The van der Waals surface area contributed by atoms with Crippen molar-refractivity contribution in [2.45, 2.75) is 6.42 Å². The monoisotopic (exact) mass is 450 g/mol. The normalized spacial score (nSPS) is 14.8. The molecule has 1 amide bonds. The summed E-state index contributed by atoms with van der Waals surface area (Å²) >= 11 is 6.10.